The second-order valence-corrected chi connectivity index (χ2v) is 11.1. The van der Waals surface area contributed by atoms with Crippen molar-refractivity contribution in [2.24, 2.45) is 11.8 Å². The van der Waals surface area contributed by atoms with Gasteiger partial charge in [0.15, 0.2) is 11.4 Å². The van der Waals surface area contributed by atoms with Crippen LogP contribution in [0.25, 0.3) is 0 Å². The highest BCUT2D eigenvalue weighted by Gasteiger charge is 2.37. The van der Waals surface area contributed by atoms with Crippen LogP contribution in [-0.2, 0) is 30.2 Å². The minimum atomic E-state index is -0.927. The third kappa shape index (κ3) is 9.14. The van der Waals surface area contributed by atoms with Crippen LogP contribution in [0, 0.1) is 11.8 Å². The second-order valence-electron chi connectivity index (χ2n) is 11.1. The molecule has 0 bridgehead atoms. The highest BCUT2D eigenvalue weighted by atomic mass is 16.6. The van der Waals surface area contributed by atoms with Crippen LogP contribution in [0.3, 0.4) is 0 Å². The van der Waals surface area contributed by atoms with E-state index in [-0.39, 0.29) is 42.2 Å². The monoisotopic (exact) mass is 598 g/mol. The van der Waals surface area contributed by atoms with Crippen molar-refractivity contribution in [2.45, 2.75) is 70.1 Å². The van der Waals surface area contributed by atoms with E-state index in [0.717, 1.165) is 37.0 Å². The van der Waals surface area contributed by atoms with Crippen molar-refractivity contribution >= 4 is 17.8 Å². The summed E-state index contributed by atoms with van der Waals surface area (Å²) in [6, 6.07) is 8.53. The van der Waals surface area contributed by atoms with Gasteiger partial charge in [0.05, 0.1) is 33.4 Å². The number of hydrogen-bond acceptors (Lipinski definition) is 10. The van der Waals surface area contributed by atoms with Gasteiger partial charge in [-0.1, -0.05) is 18.6 Å². The van der Waals surface area contributed by atoms with E-state index in [1.165, 1.54) is 26.5 Å². The molecule has 1 aliphatic heterocycles. The van der Waals surface area contributed by atoms with Gasteiger partial charge in [0, 0.05) is 26.0 Å². The highest BCUT2D eigenvalue weighted by Crippen LogP contribution is 2.34. The number of hydrogen-bond donors (Lipinski definition) is 1. The third-order valence-electron chi connectivity index (χ3n) is 7.79. The standard InChI is InChI=1S/C32H42N2O9/c1-20-29(41-19-22-8-9-22)23(18-21-10-12-24(39-3)13-11-21)6-5-7-25(32(37)42-20)34-31(36)28-30(26(40-4)14-16-33-28)43-27(35)15-17-38-2/h10-14,16,20,22-23,25,29H,5-9,15,17-19H2,1-4H3,(H,34,36)/t20-,23+,25-,29-/m0/s1. The molecule has 1 amide bonds. The first-order chi connectivity index (χ1) is 20.8. The maximum Gasteiger partial charge on any atom is 0.329 e. The van der Waals surface area contributed by atoms with E-state index in [4.69, 9.17) is 28.4 Å². The van der Waals surface area contributed by atoms with Gasteiger partial charge in [-0.05, 0) is 68.6 Å². The van der Waals surface area contributed by atoms with Gasteiger partial charge in [-0.3, -0.25) is 9.59 Å². The molecule has 1 aromatic heterocycles. The molecule has 0 radical (unpaired) electrons. The Bertz CT molecular complexity index is 1230. The topological polar surface area (TPSA) is 132 Å². The predicted molar refractivity (Wildman–Crippen MR) is 156 cm³/mol. The molecule has 234 valence electrons. The van der Waals surface area contributed by atoms with E-state index in [1.807, 2.05) is 31.2 Å². The minimum absolute atomic E-state index is 0.0237. The number of nitrogens with zero attached hydrogens (tertiary/aromatic N) is 1. The smallest absolute Gasteiger partial charge is 0.329 e. The maximum atomic E-state index is 13.4. The van der Waals surface area contributed by atoms with Gasteiger partial charge < -0.3 is 33.7 Å². The van der Waals surface area contributed by atoms with Crippen molar-refractivity contribution in [2.75, 3.05) is 34.5 Å². The molecule has 4 atom stereocenters. The lowest BCUT2D eigenvalue weighted by molar-refractivity contribution is -0.161. The number of amides is 1. The van der Waals surface area contributed by atoms with Crippen LogP contribution in [-0.4, -0.2) is 75.6 Å². The Morgan fingerprint density at radius 2 is 1.79 bits per heavy atom. The summed E-state index contributed by atoms with van der Waals surface area (Å²) in [6.07, 6.45) is 5.37. The minimum Gasteiger partial charge on any atom is -0.497 e. The van der Waals surface area contributed by atoms with Crippen LogP contribution in [0.4, 0.5) is 0 Å². The molecule has 1 saturated heterocycles. The first-order valence-corrected chi connectivity index (χ1v) is 14.8. The number of carbonyl (C=O) groups is 3. The third-order valence-corrected chi connectivity index (χ3v) is 7.79. The molecule has 1 aromatic carbocycles. The van der Waals surface area contributed by atoms with E-state index in [9.17, 15) is 14.4 Å². The quantitative estimate of drug-likeness (QED) is 0.339. The summed E-state index contributed by atoms with van der Waals surface area (Å²) in [5.74, 6) is -0.363. The zero-order chi connectivity index (χ0) is 30.8. The summed E-state index contributed by atoms with van der Waals surface area (Å²) in [5.41, 5.74) is 0.971. The number of ether oxygens (including phenoxy) is 6. The summed E-state index contributed by atoms with van der Waals surface area (Å²) in [5, 5.41) is 2.76. The molecular weight excluding hydrogens is 556 g/mol. The Morgan fingerprint density at radius 3 is 2.47 bits per heavy atom. The average molecular weight is 599 g/mol. The van der Waals surface area contributed by atoms with Crippen LogP contribution in [0.1, 0.15) is 61.5 Å². The number of nitrogens with one attached hydrogen (secondary N) is 1. The average Bonchev–Trinajstić information content (AvgIpc) is 3.83. The van der Waals surface area contributed by atoms with Gasteiger partial charge in [-0.25, -0.2) is 9.78 Å². The van der Waals surface area contributed by atoms with Gasteiger partial charge in [0.2, 0.25) is 5.75 Å². The fourth-order valence-electron chi connectivity index (χ4n) is 5.23. The molecule has 4 rings (SSSR count). The first-order valence-electron chi connectivity index (χ1n) is 14.8. The Balaban J connectivity index is 1.50. The largest absolute Gasteiger partial charge is 0.497 e. The molecule has 0 unspecified atom stereocenters. The fraction of sp³-hybridized carbons (Fsp3) is 0.562. The second kappa shape index (κ2) is 15.7. The number of benzene rings is 1. The van der Waals surface area contributed by atoms with Crippen molar-refractivity contribution in [3.63, 3.8) is 0 Å². The molecule has 2 fully saturated rings. The lowest BCUT2D eigenvalue weighted by Crippen LogP contribution is -2.45. The van der Waals surface area contributed by atoms with Crippen LogP contribution in [0.15, 0.2) is 36.5 Å². The van der Waals surface area contributed by atoms with Gasteiger partial charge in [0.1, 0.15) is 17.9 Å². The molecule has 1 saturated carbocycles. The Morgan fingerprint density at radius 1 is 1.02 bits per heavy atom. The number of methoxy groups -OCH3 is 3. The molecule has 43 heavy (non-hydrogen) atoms. The van der Waals surface area contributed by atoms with Crippen LogP contribution < -0.4 is 19.5 Å². The summed E-state index contributed by atoms with van der Waals surface area (Å²) < 4.78 is 33.3. The van der Waals surface area contributed by atoms with E-state index in [2.05, 4.69) is 10.3 Å². The van der Waals surface area contributed by atoms with Gasteiger partial charge in [-0.2, -0.15) is 0 Å². The van der Waals surface area contributed by atoms with Crippen molar-refractivity contribution < 1.29 is 42.8 Å². The molecular formula is C32H42N2O9. The lowest BCUT2D eigenvalue weighted by Gasteiger charge is -2.31. The van der Waals surface area contributed by atoms with E-state index in [0.29, 0.717) is 25.4 Å². The number of pyridine rings is 1. The zero-order valence-electron chi connectivity index (χ0n) is 25.3. The van der Waals surface area contributed by atoms with Gasteiger partial charge in [-0.15, -0.1) is 0 Å². The van der Waals surface area contributed by atoms with E-state index >= 15 is 0 Å². The summed E-state index contributed by atoms with van der Waals surface area (Å²) in [6.45, 7) is 2.64. The van der Waals surface area contributed by atoms with Crippen LogP contribution in [0.5, 0.6) is 17.2 Å². The van der Waals surface area contributed by atoms with Crippen molar-refractivity contribution in [3.05, 3.63) is 47.8 Å². The lowest BCUT2D eigenvalue weighted by atomic mass is 9.86. The fourth-order valence-corrected chi connectivity index (χ4v) is 5.23. The normalized spacial score (nSPS) is 22.4. The van der Waals surface area contributed by atoms with Gasteiger partial charge in [0.25, 0.3) is 5.91 Å². The molecule has 2 aromatic rings. The Hall–Kier alpha value is -3.70. The first kappa shape index (κ1) is 32.2. The molecule has 11 heteroatoms. The van der Waals surface area contributed by atoms with Gasteiger partial charge >= 0.3 is 11.9 Å². The summed E-state index contributed by atoms with van der Waals surface area (Å²) in [7, 11) is 4.50. The molecule has 0 spiro atoms. The molecule has 1 N–H and O–H groups in total. The summed E-state index contributed by atoms with van der Waals surface area (Å²) >= 11 is 0. The maximum absolute atomic E-state index is 13.4. The van der Waals surface area contributed by atoms with Crippen LogP contribution in [0.2, 0.25) is 0 Å². The SMILES string of the molecule is COCCC(=O)Oc1c(OC)ccnc1C(=O)N[C@H]1CCC[C@H](Cc2ccc(OC)cc2)[C@@H](OCC2CC2)[C@H](C)OC1=O. The van der Waals surface area contributed by atoms with E-state index < -0.39 is 30.0 Å². The summed E-state index contributed by atoms with van der Waals surface area (Å²) in [4.78, 5) is 43.3. The predicted octanol–water partition coefficient (Wildman–Crippen LogP) is 3.91. The Labute approximate surface area is 252 Å². The van der Waals surface area contributed by atoms with Crippen LogP contribution >= 0.6 is 0 Å². The number of carbonyl (C=O) groups excluding carboxylic acids is 3. The highest BCUT2D eigenvalue weighted by molar-refractivity contribution is 5.98. The molecule has 11 nitrogen and oxygen atoms in total. The van der Waals surface area contributed by atoms with Crippen molar-refractivity contribution in [1.29, 1.82) is 0 Å². The number of rotatable bonds is 13. The number of esters is 2. The van der Waals surface area contributed by atoms with Crippen molar-refractivity contribution in [3.8, 4) is 17.2 Å². The Kier molecular flexibility index (Phi) is 11.7. The number of cyclic esters (lactones) is 1. The number of aromatic nitrogens is 1. The molecule has 2 heterocycles. The zero-order valence-corrected chi connectivity index (χ0v) is 25.3. The van der Waals surface area contributed by atoms with E-state index in [1.54, 1.807) is 7.11 Å². The molecule has 1 aliphatic carbocycles. The molecule has 2 aliphatic rings. The van der Waals surface area contributed by atoms with Crippen molar-refractivity contribution in [1.82, 2.24) is 10.3 Å².